The van der Waals surface area contributed by atoms with Gasteiger partial charge in [-0.25, -0.2) is 9.18 Å². The van der Waals surface area contributed by atoms with E-state index in [0.717, 1.165) is 36.7 Å². The Balaban J connectivity index is 0.00000961. The number of fused-ring (bicyclic) bond motifs is 5. The van der Waals surface area contributed by atoms with E-state index in [2.05, 4.69) is 46.9 Å². The molecule has 5 aliphatic rings. The summed E-state index contributed by atoms with van der Waals surface area (Å²) >= 11 is 0. The van der Waals surface area contributed by atoms with Crippen molar-refractivity contribution in [2.45, 2.75) is 195 Å². The average Bonchev–Trinajstić information content (AvgIpc) is 1.37. The molecular formula is C68H91FN2NaO13P. The summed E-state index contributed by atoms with van der Waals surface area (Å²) in [6, 6.07) is 24.3. The second-order valence-corrected chi connectivity index (χ2v) is 27.9. The summed E-state index contributed by atoms with van der Waals surface area (Å²) in [4.78, 5) is 55.3. The molecule has 4 saturated carbocycles. The van der Waals surface area contributed by atoms with Crippen molar-refractivity contribution in [2.75, 3.05) is 11.9 Å². The second kappa shape index (κ2) is 28.7. The topological polar surface area (TPSA) is 226 Å². The molecule has 0 bridgehead atoms. The van der Waals surface area contributed by atoms with Crippen molar-refractivity contribution in [3.63, 3.8) is 0 Å². The molecule has 4 aliphatic carbocycles. The van der Waals surface area contributed by atoms with E-state index in [0.29, 0.717) is 81.6 Å². The number of nitrogens with one attached hydrogen (secondary N) is 1. The van der Waals surface area contributed by atoms with Gasteiger partial charge in [0.05, 0.1) is 42.6 Å². The van der Waals surface area contributed by atoms with E-state index in [9.17, 15) is 48.7 Å². The molecule has 0 spiro atoms. The van der Waals surface area contributed by atoms with E-state index in [1.165, 1.54) is 57.1 Å². The normalized spacial score (nSPS) is 27.8. The first kappa shape index (κ1) is 67.7. The fraction of sp³-hybridized carbons (Fsp3) is 0.603. The molecule has 5 unspecified atom stereocenters. The monoisotopic (exact) mass is 1220 g/mol. The number of amides is 1. The fourth-order valence-electron chi connectivity index (χ4n) is 16.6. The number of phosphoric acid groups is 1. The molecule has 15 atom stereocenters. The van der Waals surface area contributed by atoms with Crippen LogP contribution in [0.2, 0.25) is 0 Å². The van der Waals surface area contributed by atoms with Gasteiger partial charge in [-0.2, -0.15) is 0 Å². The molecule has 1 aliphatic heterocycles. The van der Waals surface area contributed by atoms with Gasteiger partial charge in [0.2, 0.25) is 5.76 Å². The number of anilines is 1. The van der Waals surface area contributed by atoms with Crippen LogP contribution in [0.4, 0.5) is 10.1 Å². The molecule has 464 valence electrons. The minimum Gasteiger partial charge on any atom is -0.746 e. The van der Waals surface area contributed by atoms with Gasteiger partial charge < -0.3 is 53.7 Å². The number of aliphatic hydroxyl groups excluding tert-OH is 4. The van der Waals surface area contributed by atoms with Gasteiger partial charge in [0.1, 0.15) is 11.9 Å². The van der Waals surface area contributed by atoms with Crippen LogP contribution in [0, 0.1) is 64.0 Å². The van der Waals surface area contributed by atoms with Crippen molar-refractivity contribution in [1.82, 2.24) is 4.57 Å². The molecule has 4 aromatic rings. The Labute approximate surface area is 530 Å². The predicted octanol–water partition coefficient (Wildman–Crippen LogP) is 9.89. The molecule has 4 fully saturated rings. The summed E-state index contributed by atoms with van der Waals surface area (Å²) < 4.78 is 52.0. The van der Waals surface area contributed by atoms with Gasteiger partial charge in [0, 0.05) is 23.5 Å². The SMILES string of the molecule is CC[C@@H](CC[C@@H](C)C1CC[C@H]2[C@@H]3CC[C@H]4CC(OP(=O)([O-])OC5=C(OC(=O)C[C@H](O)C[C@H](O)CCn6c(-c7ccc(F)cc7)c(-c7ccccc7)c(C(=O)Nc7ccccc7)c6C(C)C)C(C(O)CO)OC5=O)CC[C@]4(C)[C@H]3CC[C@]12C)C(C)C.[Na+]. The largest absolute Gasteiger partial charge is 1.00 e. The van der Waals surface area contributed by atoms with Crippen LogP contribution in [0.15, 0.2) is 96.4 Å². The number of aliphatic hydroxyl groups is 4. The van der Waals surface area contributed by atoms with E-state index in [4.69, 9.17) is 18.5 Å². The van der Waals surface area contributed by atoms with E-state index >= 15 is 0 Å². The van der Waals surface area contributed by atoms with E-state index in [-0.39, 0.29) is 72.1 Å². The zero-order valence-electron chi connectivity index (χ0n) is 51.9. The smallest absolute Gasteiger partial charge is 0.746 e. The zero-order valence-corrected chi connectivity index (χ0v) is 54.8. The molecule has 0 radical (unpaired) electrons. The Morgan fingerprint density at radius 1 is 0.837 bits per heavy atom. The van der Waals surface area contributed by atoms with E-state index < -0.39 is 80.6 Å². The third kappa shape index (κ3) is 14.7. The van der Waals surface area contributed by atoms with Crippen molar-refractivity contribution in [3.8, 4) is 22.4 Å². The van der Waals surface area contributed by atoms with Crippen molar-refractivity contribution in [2.24, 2.45) is 58.2 Å². The first-order chi connectivity index (χ1) is 40.5. The van der Waals surface area contributed by atoms with Crippen LogP contribution >= 0.6 is 7.82 Å². The Morgan fingerprint density at radius 3 is 2.15 bits per heavy atom. The molecule has 86 heavy (non-hydrogen) atoms. The standard InChI is InChI=1S/C68H92FN2O13P.Na/c1-9-43(40(2)3)21-20-42(6)53-28-29-54-52-27-24-46-36-51(30-33-67(46,7)55(52)31-34-68(53,54)8)83-85(79,80)84-64-63(62(56(75)39-72)82-66(64)78)81-57(76)38-50(74)37-49(73)32-35-71-60(41(4)5)59(65(77)70-48-18-14-11-15-19-48)58(44-16-12-10-13-17-44)61(71)45-22-25-47(69)26-23-45;/h10-19,22-23,25-26,40-43,46,49-56,62,72-75H,9,20-21,24,27-39H2,1-8H3,(H,70,77)(H,79,80);/q;+1/p-1/t42-,43+,46+,49-,50-,51?,52+,53?,54+,55+,56?,62?,67+,68-;/m1./s1. The van der Waals surface area contributed by atoms with Gasteiger partial charge in [-0.1, -0.05) is 117 Å². The number of ether oxygens (including phenoxy) is 2. The zero-order chi connectivity index (χ0) is 61.1. The fourth-order valence-corrected chi connectivity index (χ4v) is 17.6. The first-order valence-corrected chi connectivity index (χ1v) is 32.9. The number of rotatable bonds is 25. The number of hydrogen-bond donors (Lipinski definition) is 5. The van der Waals surface area contributed by atoms with Crippen LogP contribution in [-0.2, 0) is 39.2 Å². The maximum Gasteiger partial charge on any atom is 1.00 e. The molecule has 9 rings (SSSR count). The maximum absolute atomic E-state index is 14.5. The number of para-hydroxylation sites is 1. The number of phosphoric ester groups is 1. The second-order valence-electron chi connectivity index (χ2n) is 26.7. The van der Waals surface area contributed by atoms with Gasteiger partial charge in [-0.15, -0.1) is 0 Å². The third-order valence-electron chi connectivity index (χ3n) is 20.9. The van der Waals surface area contributed by atoms with Crippen LogP contribution in [0.25, 0.3) is 22.4 Å². The Kier molecular flexibility index (Phi) is 22.6. The summed E-state index contributed by atoms with van der Waals surface area (Å²) in [6.45, 7) is 17.6. The molecule has 18 heteroatoms. The van der Waals surface area contributed by atoms with Crippen LogP contribution < -0.4 is 39.8 Å². The van der Waals surface area contributed by atoms with Crippen molar-refractivity contribution < 1.29 is 96.7 Å². The van der Waals surface area contributed by atoms with Crippen molar-refractivity contribution in [3.05, 3.63) is 114 Å². The van der Waals surface area contributed by atoms with E-state index in [1.807, 2.05) is 66.9 Å². The molecule has 1 aromatic heterocycles. The number of carbonyl (C=O) groups is 3. The Bertz CT molecular complexity index is 3050. The van der Waals surface area contributed by atoms with Crippen LogP contribution in [-0.4, -0.2) is 80.0 Å². The summed E-state index contributed by atoms with van der Waals surface area (Å²) in [5, 5.41) is 46.5. The van der Waals surface area contributed by atoms with Crippen LogP contribution in [0.1, 0.15) is 174 Å². The number of nitrogens with zero attached hydrogens (tertiary/aromatic N) is 1. The molecule has 15 nitrogen and oxygen atoms in total. The molecule has 0 saturated heterocycles. The van der Waals surface area contributed by atoms with Gasteiger partial charge in [-0.3, -0.25) is 14.2 Å². The number of cyclic esters (lactones) is 1. The summed E-state index contributed by atoms with van der Waals surface area (Å²) in [5.74, 6) is -0.470. The molecule has 2 heterocycles. The van der Waals surface area contributed by atoms with Gasteiger partial charge in [0.15, 0.2) is 6.10 Å². The number of esters is 2. The number of aromatic nitrogens is 1. The Hall–Kier alpha value is -4.19. The molecule has 1 amide bonds. The summed E-state index contributed by atoms with van der Waals surface area (Å²) in [7, 11) is -5.38. The van der Waals surface area contributed by atoms with E-state index in [1.54, 1.807) is 24.3 Å². The Morgan fingerprint density at radius 2 is 1.50 bits per heavy atom. The van der Waals surface area contributed by atoms with Crippen molar-refractivity contribution >= 4 is 31.4 Å². The molecule has 3 aromatic carbocycles. The average molecular weight is 1220 g/mol. The predicted molar refractivity (Wildman–Crippen MR) is 321 cm³/mol. The quantitative estimate of drug-likeness (QED) is 0.0237. The number of hydrogen-bond acceptors (Lipinski definition) is 13. The third-order valence-corrected chi connectivity index (χ3v) is 21.9. The summed E-state index contributed by atoms with van der Waals surface area (Å²) in [5.41, 5.74) is 4.52. The minimum absolute atomic E-state index is 0. The molecular weight excluding hydrogens is 1130 g/mol. The molecule has 5 N–H and O–H groups in total. The number of benzene rings is 3. The van der Waals surface area contributed by atoms with Crippen LogP contribution in [0.5, 0.6) is 0 Å². The van der Waals surface area contributed by atoms with Gasteiger partial charge in [0.25, 0.3) is 11.7 Å². The van der Waals surface area contributed by atoms with Crippen molar-refractivity contribution in [1.29, 1.82) is 0 Å². The summed E-state index contributed by atoms with van der Waals surface area (Å²) in [6.07, 6.45) is 4.29. The van der Waals surface area contributed by atoms with Crippen LogP contribution in [0.3, 0.4) is 0 Å². The van der Waals surface area contributed by atoms with Gasteiger partial charge >= 0.3 is 49.3 Å². The minimum atomic E-state index is -5.38. The number of carbonyl (C=O) groups excluding carboxylic acids is 3. The van der Waals surface area contributed by atoms with Gasteiger partial charge in [-0.05, 0) is 189 Å². The maximum atomic E-state index is 14.5. The number of halogens is 1. The first-order valence-electron chi connectivity index (χ1n) is 31.4.